The van der Waals surface area contributed by atoms with E-state index < -0.39 is 10.0 Å². The van der Waals surface area contributed by atoms with Crippen LogP contribution in [-0.2, 0) is 14.8 Å². The van der Waals surface area contributed by atoms with E-state index in [4.69, 9.17) is 4.74 Å². The van der Waals surface area contributed by atoms with E-state index in [1.54, 1.807) is 12.1 Å². The molecule has 27 heavy (non-hydrogen) atoms. The Labute approximate surface area is 162 Å². The molecule has 1 fully saturated rings. The summed E-state index contributed by atoms with van der Waals surface area (Å²) >= 11 is 0. The first-order chi connectivity index (χ1) is 13.0. The van der Waals surface area contributed by atoms with Gasteiger partial charge in [0.15, 0.2) is 0 Å². The van der Waals surface area contributed by atoms with Gasteiger partial charge in [0.2, 0.25) is 10.0 Å². The summed E-state index contributed by atoms with van der Waals surface area (Å²) in [5, 5.41) is 0. The minimum atomic E-state index is -3.48. The normalized spacial score (nSPS) is 18.7. The van der Waals surface area contributed by atoms with Crippen molar-refractivity contribution in [2.45, 2.75) is 30.8 Å². The maximum atomic E-state index is 12.5. The summed E-state index contributed by atoms with van der Waals surface area (Å²) in [5.74, 6) is 0.383. The van der Waals surface area contributed by atoms with Gasteiger partial charge in [0.05, 0.1) is 17.6 Å². The predicted octanol–water partition coefficient (Wildman–Crippen LogP) is 3.16. The molecule has 0 aromatic heterocycles. The first-order valence-electron chi connectivity index (χ1n) is 9.44. The van der Waals surface area contributed by atoms with Crippen LogP contribution in [0, 0.1) is 0 Å². The van der Waals surface area contributed by atoms with Crippen molar-refractivity contribution in [2.75, 3.05) is 32.8 Å². The van der Waals surface area contributed by atoms with E-state index in [1.165, 1.54) is 0 Å². The first-order valence-corrected chi connectivity index (χ1v) is 10.9. The number of nitrogens with one attached hydrogen (secondary N) is 1. The predicted molar refractivity (Wildman–Crippen MR) is 107 cm³/mol. The van der Waals surface area contributed by atoms with Gasteiger partial charge in [0.25, 0.3) is 0 Å². The summed E-state index contributed by atoms with van der Waals surface area (Å²) in [7, 11) is -3.48. The molecule has 1 heterocycles. The monoisotopic (exact) mass is 388 g/mol. The average Bonchev–Trinajstić information content (AvgIpc) is 2.69. The largest absolute Gasteiger partial charge is 0.371 e. The lowest BCUT2D eigenvalue weighted by molar-refractivity contribution is -0.0291. The Balaban J connectivity index is 1.52. The molecule has 1 N–H and O–H groups in total. The van der Waals surface area contributed by atoms with Crippen LogP contribution >= 0.6 is 0 Å². The SMILES string of the molecule is CC(C)c1ccc(S(=O)(=O)NCCN2CCO[C@@H](c3ccccc3)C2)cc1. The van der Waals surface area contributed by atoms with Crippen molar-refractivity contribution >= 4 is 10.0 Å². The second-order valence-corrected chi connectivity index (χ2v) is 8.96. The molecule has 1 aliphatic rings. The lowest BCUT2D eigenvalue weighted by atomic mass is 10.0. The van der Waals surface area contributed by atoms with E-state index in [1.807, 2.05) is 30.3 Å². The maximum Gasteiger partial charge on any atom is 0.240 e. The standard InChI is InChI=1S/C21H28N2O3S/c1-17(2)18-8-10-20(11-9-18)27(24,25)22-12-13-23-14-15-26-21(16-23)19-6-4-3-5-7-19/h3-11,17,21-22H,12-16H2,1-2H3/t21-/m1/s1. The van der Waals surface area contributed by atoms with E-state index in [9.17, 15) is 8.42 Å². The van der Waals surface area contributed by atoms with Gasteiger partial charge in [-0.05, 0) is 29.2 Å². The van der Waals surface area contributed by atoms with E-state index in [0.29, 0.717) is 30.5 Å². The van der Waals surface area contributed by atoms with Crippen molar-refractivity contribution < 1.29 is 13.2 Å². The molecule has 0 bridgehead atoms. The number of sulfonamides is 1. The molecule has 0 saturated carbocycles. The zero-order chi connectivity index (χ0) is 19.3. The Morgan fingerprint density at radius 1 is 1.11 bits per heavy atom. The van der Waals surface area contributed by atoms with Crippen LogP contribution < -0.4 is 4.72 Å². The van der Waals surface area contributed by atoms with Crippen molar-refractivity contribution in [2.24, 2.45) is 0 Å². The van der Waals surface area contributed by atoms with Gasteiger partial charge in [-0.1, -0.05) is 56.3 Å². The topological polar surface area (TPSA) is 58.6 Å². The number of benzene rings is 2. The summed E-state index contributed by atoms with van der Waals surface area (Å²) in [4.78, 5) is 2.56. The van der Waals surface area contributed by atoms with Gasteiger partial charge in [0, 0.05) is 26.2 Å². The van der Waals surface area contributed by atoms with Crippen molar-refractivity contribution in [1.82, 2.24) is 9.62 Å². The summed E-state index contributed by atoms with van der Waals surface area (Å²) in [6, 6.07) is 17.3. The van der Waals surface area contributed by atoms with Gasteiger partial charge in [0.1, 0.15) is 0 Å². The number of nitrogens with zero attached hydrogens (tertiary/aromatic N) is 1. The zero-order valence-electron chi connectivity index (χ0n) is 16.0. The molecule has 5 nitrogen and oxygen atoms in total. The highest BCUT2D eigenvalue weighted by Crippen LogP contribution is 2.21. The van der Waals surface area contributed by atoms with Gasteiger partial charge >= 0.3 is 0 Å². The number of hydrogen-bond donors (Lipinski definition) is 1. The second-order valence-electron chi connectivity index (χ2n) is 7.19. The number of morpholine rings is 1. The Kier molecular flexibility index (Phi) is 6.65. The van der Waals surface area contributed by atoms with Crippen LogP contribution in [0.1, 0.15) is 37.0 Å². The molecule has 0 aliphatic carbocycles. The highest BCUT2D eigenvalue weighted by atomic mass is 32.2. The Bertz CT molecular complexity index is 820. The maximum absolute atomic E-state index is 12.5. The fourth-order valence-corrected chi connectivity index (χ4v) is 4.25. The molecule has 3 rings (SSSR count). The van der Waals surface area contributed by atoms with Gasteiger partial charge in [-0.3, -0.25) is 4.90 Å². The molecule has 0 unspecified atom stereocenters. The van der Waals surface area contributed by atoms with Crippen LogP contribution in [0.25, 0.3) is 0 Å². The van der Waals surface area contributed by atoms with Crippen LogP contribution in [-0.4, -0.2) is 46.1 Å². The third kappa shape index (κ3) is 5.39. The second kappa shape index (κ2) is 8.97. The molecule has 0 spiro atoms. The summed E-state index contributed by atoms with van der Waals surface area (Å²) in [6.07, 6.45) is 0.0418. The highest BCUT2D eigenvalue weighted by molar-refractivity contribution is 7.89. The smallest absolute Gasteiger partial charge is 0.240 e. The van der Waals surface area contributed by atoms with Crippen molar-refractivity contribution in [3.63, 3.8) is 0 Å². The first kappa shape index (κ1) is 20.0. The molecule has 2 aromatic carbocycles. The molecule has 6 heteroatoms. The quantitative estimate of drug-likeness (QED) is 0.792. The fraction of sp³-hybridized carbons (Fsp3) is 0.429. The van der Waals surface area contributed by atoms with Gasteiger partial charge in [-0.15, -0.1) is 0 Å². The molecule has 1 atom stereocenters. The van der Waals surface area contributed by atoms with Crippen LogP contribution in [0.3, 0.4) is 0 Å². The van der Waals surface area contributed by atoms with Gasteiger partial charge < -0.3 is 4.74 Å². The highest BCUT2D eigenvalue weighted by Gasteiger charge is 2.22. The molecule has 0 amide bonds. The summed E-state index contributed by atoms with van der Waals surface area (Å²) < 4.78 is 33.5. The van der Waals surface area contributed by atoms with Gasteiger partial charge in [-0.2, -0.15) is 0 Å². The number of rotatable bonds is 7. The Morgan fingerprint density at radius 3 is 2.48 bits per heavy atom. The molecular weight excluding hydrogens is 360 g/mol. The third-order valence-electron chi connectivity index (χ3n) is 4.90. The average molecular weight is 389 g/mol. The van der Waals surface area contributed by atoms with E-state index in [0.717, 1.165) is 24.2 Å². The molecule has 2 aromatic rings. The minimum absolute atomic E-state index is 0.0418. The molecule has 1 saturated heterocycles. The summed E-state index contributed by atoms with van der Waals surface area (Å²) in [5.41, 5.74) is 2.29. The lowest BCUT2D eigenvalue weighted by Gasteiger charge is -2.33. The van der Waals surface area contributed by atoms with Crippen LogP contribution in [0.2, 0.25) is 0 Å². The fourth-order valence-electron chi connectivity index (χ4n) is 3.23. The van der Waals surface area contributed by atoms with Crippen molar-refractivity contribution in [3.8, 4) is 0 Å². The Morgan fingerprint density at radius 2 is 1.81 bits per heavy atom. The summed E-state index contributed by atoms with van der Waals surface area (Å²) in [6.45, 7) is 7.47. The molecule has 146 valence electrons. The Hall–Kier alpha value is -1.73. The minimum Gasteiger partial charge on any atom is -0.371 e. The molecule has 0 radical (unpaired) electrons. The number of ether oxygens (including phenoxy) is 1. The lowest BCUT2D eigenvalue weighted by Crippen LogP contribution is -2.42. The van der Waals surface area contributed by atoms with Gasteiger partial charge in [-0.25, -0.2) is 13.1 Å². The van der Waals surface area contributed by atoms with Crippen molar-refractivity contribution in [1.29, 1.82) is 0 Å². The number of hydrogen-bond acceptors (Lipinski definition) is 4. The van der Waals surface area contributed by atoms with Crippen molar-refractivity contribution in [3.05, 3.63) is 65.7 Å². The van der Waals surface area contributed by atoms with Crippen LogP contribution in [0.5, 0.6) is 0 Å². The zero-order valence-corrected chi connectivity index (χ0v) is 16.8. The van der Waals surface area contributed by atoms with E-state index in [2.05, 4.69) is 35.6 Å². The van der Waals surface area contributed by atoms with Crippen LogP contribution in [0.4, 0.5) is 0 Å². The molecule has 1 aliphatic heterocycles. The molecular formula is C21H28N2O3S. The van der Waals surface area contributed by atoms with E-state index >= 15 is 0 Å². The van der Waals surface area contributed by atoms with Crippen LogP contribution in [0.15, 0.2) is 59.5 Å². The third-order valence-corrected chi connectivity index (χ3v) is 6.38. The van der Waals surface area contributed by atoms with E-state index in [-0.39, 0.29) is 6.10 Å².